The van der Waals surface area contributed by atoms with Crippen molar-refractivity contribution < 1.29 is 53.0 Å². The third-order valence-corrected chi connectivity index (χ3v) is 14.2. The predicted molar refractivity (Wildman–Crippen MR) is 209 cm³/mol. The predicted octanol–water partition coefficient (Wildman–Crippen LogP) is 4.76. The van der Waals surface area contributed by atoms with Gasteiger partial charge in [0.15, 0.2) is 40.0 Å². The molecule has 0 saturated carbocycles. The number of likely N-dealkylation sites (N-methyl/N-ethyl adjacent to an activating group) is 1. The lowest BCUT2D eigenvalue weighted by Crippen LogP contribution is -2.69. The van der Waals surface area contributed by atoms with Crippen LogP contribution < -0.4 is 29.0 Å². The number of hydrogen-bond acceptors (Lipinski definition) is 16. The summed E-state index contributed by atoms with van der Waals surface area (Å²) >= 11 is 1.44. The van der Waals surface area contributed by atoms with E-state index in [9.17, 15) is 25.1 Å². The van der Waals surface area contributed by atoms with Crippen LogP contribution in [0.1, 0.15) is 61.8 Å². The molecule has 1 unspecified atom stereocenters. The van der Waals surface area contributed by atoms with Crippen molar-refractivity contribution in [3.05, 3.63) is 75.4 Å². The van der Waals surface area contributed by atoms with E-state index >= 15 is 0 Å². The summed E-state index contributed by atoms with van der Waals surface area (Å²) in [4.78, 5) is 32.5. The smallest absolute Gasteiger partial charge is 0.504 e. The number of aromatic hydroxyl groups is 2. The lowest BCUT2D eigenvalue weighted by atomic mass is 9.71. The van der Waals surface area contributed by atoms with Crippen molar-refractivity contribution in [3.8, 4) is 46.3 Å². The van der Waals surface area contributed by atoms with E-state index in [1.165, 1.54) is 32.1 Å². The van der Waals surface area contributed by atoms with Crippen LogP contribution in [-0.4, -0.2) is 104 Å². The summed E-state index contributed by atoms with van der Waals surface area (Å²) in [5.74, 6) is 1.12. The molecule has 0 aromatic heterocycles. The first-order valence-electron chi connectivity index (χ1n) is 19.1. The molecular weight excluding hydrogens is 769 g/mol. The molecule has 7 heterocycles. The van der Waals surface area contributed by atoms with Crippen molar-refractivity contribution in [2.45, 2.75) is 67.7 Å². The Balaban J connectivity index is 1.33. The number of nitrogens with zero attached hydrogens (tertiary/aromatic N) is 3. The minimum atomic E-state index is -1.40. The van der Waals surface area contributed by atoms with Crippen LogP contribution in [0.2, 0.25) is 0 Å². The largest absolute Gasteiger partial charge is 0.514 e. The molecule has 15 nitrogen and oxygen atoms in total. The van der Waals surface area contributed by atoms with E-state index in [0.29, 0.717) is 64.5 Å². The molecule has 4 bridgehead atoms. The average molecular weight is 813 g/mol. The number of phenols is 2. The minimum absolute atomic E-state index is 0.0189. The standard InChI is InChI=1S/C42H44N4O11S/c1-7-10-53-41(50)57-36-20(3)37-38(56-18-55-37)30-26-16-54-40(49)42(23-14-28(51-5)27(47)13-21(23)8-9-44-42)17-58-39(31(30)36)33-32-29-22(11-19(2)35(52-6)34(29)48)12-24(45(32)4)25(15-43)46(26)33/h7,11,13-14,24-26,32-33,39,44,47-48H,1,8-10,12,16-18H2,2-6H3/t24-,25+,26-,32-,33?,39-,42-/m1/s1. The fourth-order valence-corrected chi connectivity index (χ4v) is 12.0. The van der Waals surface area contributed by atoms with E-state index in [1.807, 2.05) is 20.0 Å². The van der Waals surface area contributed by atoms with Gasteiger partial charge >= 0.3 is 12.1 Å². The van der Waals surface area contributed by atoms with Crippen molar-refractivity contribution >= 4 is 23.9 Å². The topological polar surface area (TPSA) is 182 Å². The maximum absolute atomic E-state index is 14.8. The van der Waals surface area contributed by atoms with Gasteiger partial charge in [0.05, 0.1) is 37.6 Å². The van der Waals surface area contributed by atoms with Gasteiger partial charge in [0.2, 0.25) is 6.79 Å². The molecule has 1 spiro atoms. The maximum Gasteiger partial charge on any atom is 0.514 e. The molecule has 58 heavy (non-hydrogen) atoms. The van der Waals surface area contributed by atoms with E-state index in [1.54, 1.807) is 19.1 Å². The maximum atomic E-state index is 14.8. The minimum Gasteiger partial charge on any atom is -0.504 e. The molecule has 3 aromatic carbocycles. The van der Waals surface area contributed by atoms with Crippen molar-refractivity contribution in [1.82, 2.24) is 15.1 Å². The van der Waals surface area contributed by atoms with Crippen molar-refractivity contribution in [1.29, 1.82) is 5.26 Å². The number of aryl methyl sites for hydroxylation is 1. The number of nitriles is 1. The number of ether oxygens (including phenoxy) is 7. The van der Waals surface area contributed by atoms with Crippen LogP contribution in [0.15, 0.2) is 30.9 Å². The number of carbonyl (C=O) groups excluding carboxylic acids is 2. The highest BCUT2D eigenvalue weighted by molar-refractivity contribution is 7.99. The van der Waals surface area contributed by atoms with Crippen molar-refractivity contribution in [2.24, 2.45) is 0 Å². The third-order valence-electron chi connectivity index (χ3n) is 12.7. The summed E-state index contributed by atoms with van der Waals surface area (Å²) < 4.78 is 41.6. The van der Waals surface area contributed by atoms with Crippen LogP contribution in [0.25, 0.3) is 0 Å². The number of rotatable bonds is 5. The third kappa shape index (κ3) is 5.36. The molecule has 3 N–H and O–H groups in total. The zero-order valence-corrected chi connectivity index (χ0v) is 33.6. The monoisotopic (exact) mass is 812 g/mol. The number of esters is 1. The van der Waals surface area contributed by atoms with Crippen LogP contribution in [0.3, 0.4) is 0 Å². The van der Waals surface area contributed by atoms with Gasteiger partial charge < -0.3 is 43.4 Å². The fraction of sp³-hybridized carbons (Fsp3) is 0.452. The highest BCUT2D eigenvalue weighted by Gasteiger charge is 2.62. The van der Waals surface area contributed by atoms with Crippen molar-refractivity contribution in [3.63, 3.8) is 0 Å². The Morgan fingerprint density at radius 1 is 1.10 bits per heavy atom. The Bertz CT molecular complexity index is 2310. The number of fused-ring (bicyclic) bond motifs is 9. The number of nitrogens with one attached hydrogen (secondary N) is 1. The highest BCUT2D eigenvalue weighted by atomic mass is 32.2. The van der Waals surface area contributed by atoms with Gasteiger partial charge in [0, 0.05) is 46.6 Å². The number of thioether (sulfide) groups is 1. The lowest BCUT2D eigenvalue weighted by molar-refractivity contribution is -0.157. The molecule has 0 amide bonds. The molecule has 10 rings (SSSR count). The van der Waals surface area contributed by atoms with E-state index in [0.717, 1.165) is 16.7 Å². The van der Waals surface area contributed by atoms with E-state index in [-0.39, 0.29) is 54.8 Å². The summed E-state index contributed by atoms with van der Waals surface area (Å²) in [5.41, 5.74) is 4.03. The van der Waals surface area contributed by atoms with Crippen LogP contribution in [0, 0.1) is 25.2 Å². The van der Waals surface area contributed by atoms with Crippen LogP contribution in [-0.2, 0) is 32.6 Å². The second kappa shape index (κ2) is 14.2. The Morgan fingerprint density at radius 3 is 2.64 bits per heavy atom. The van der Waals surface area contributed by atoms with Gasteiger partial charge in [-0.1, -0.05) is 18.7 Å². The van der Waals surface area contributed by atoms with Crippen LogP contribution in [0.4, 0.5) is 4.79 Å². The first-order valence-corrected chi connectivity index (χ1v) is 20.2. The van der Waals surface area contributed by atoms with E-state index < -0.39 is 47.1 Å². The molecular formula is C42H44N4O11S. The van der Waals surface area contributed by atoms with Gasteiger partial charge in [0.25, 0.3) is 0 Å². The number of hydrogen-bond donors (Lipinski definition) is 3. The summed E-state index contributed by atoms with van der Waals surface area (Å²) in [6.07, 6.45) is 1.50. The van der Waals surface area contributed by atoms with Crippen LogP contribution in [0.5, 0.6) is 40.2 Å². The van der Waals surface area contributed by atoms with Gasteiger partial charge in [-0.2, -0.15) is 5.26 Å². The molecule has 7 aliphatic heterocycles. The number of piperazine rings is 1. The molecule has 7 aliphatic rings. The summed E-state index contributed by atoms with van der Waals surface area (Å²) in [5, 5.41) is 36.9. The summed E-state index contributed by atoms with van der Waals surface area (Å²) in [7, 11) is 4.95. The summed E-state index contributed by atoms with van der Waals surface area (Å²) in [6.45, 7) is 7.34. The number of carbonyl (C=O) groups is 2. The van der Waals surface area contributed by atoms with E-state index in [4.69, 9.17) is 33.2 Å². The Kier molecular flexibility index (Phi) is 9.34. The van der Waals surface area contributed by atoms with E-state index in [2.05, 4.69) is 27.8 Å². The normalized spacial score (nSPS) is 27.9. The molecule has 2 fully saturated rings. The lowest BCUT2D eigenvalue weighted by Gasteiger charge is -2.62. The quantitative estimate of drug-likeness (QED) is 0.182. The van der Waals surface area contributed by atoms with Gasteiger partial charge in [-0.15, -0.1) is 11.8 Å². The molecule has 0 radical (unpaired) electrons. The van der Waals surface area contributed by atoms with Gasteiger partial charge in [-0.25, -0.2) is 9.59 Å². The van der Waals surface area contributed by atoms with Crippen molar-refractivity contribution in [2.75, 3.05) is 53.6 Å². The fourth-order valence-electron chi connectivity index (χ4n) is 10.3. The number of methoxy groups -OCH3 is 2. The van der Waals surface area contributed by atoms with Crippen LogP contribution >= 0.6 is 11.8 Å². The second-order valence-corrected chi connectivity index (χ2v) is 16.6. The zero-order valence-electron chi connectivity index (χ0n) is 32.7. The molecule has 304 valence electrons. The zero-order chi connectivity index (χ0) is 40.8. The Hall–Kier alpha value is -5.34. The van der Waals surface area contributed by atoms with Gasteiger partial charge in [-0.05, 0) is 68.1 Å². The Labute approximate surface area is 339 Å². The highest BCUT2D eigenvalue weighted by Crippen LogP contribution is 2.64. The Morgan fingerprint density at radius 2 is 1.90 bits per heavy atom. The molecule has 0 aliphatic carbocycles. The number of phenolic OH excluding ortho intramolecular Hbond substituents is 2. The number of benzene rings is 3. The summed E-state index contributed by atoms with van der Waals surface area (Å²) in [6, 6.07) is 5.00. The first kappa shape index (κ1) is 38.2. The second-order valence-electron chi connectivity index (χ2n) is 15.4. The molecule has 7 atom stereocenters. The average Bonchev–Trinajstić information content (AvgIpc) is 3.70. The van der Waals surface area contributed by atoms with Gasteiger partial charge in [-0.3, -0.25) is 15.1 Å². The SMILES string of the molecule is C=CCOC(=O)Oc1c(C)c2c(c3c1[C@H]1SC[C@]4(NCCc5cc(O)c(OC)cc54)C(=O)OC[C@H]3N3C1[C@H]1c4c(cc(C)c(OC)c4O)C[C@H]([C@@H]3C#N)N1C)OCO2. The molecule has 16 heteroatoms. The molecule has 3 aromatic rings. The van der Waals surface area contributed by atoms with Gasteiger partial charge in [0.1, 0.15) is 25.0 Å². The molecule has 2 saturated heterocycles. The first-order chi connectivity index (χ1) is 28.0.